The van der Waals surface area contributed by atoms with Crippen molar-refractivity contribution >= 4 is 27.8 Å². The highest BCUT2D eigenvalue weighted by Gasteiger charge is 2.60. The van der Waals surface area contributed by atoms with Crippen molar-refractivity contribution in [2.45, 2.75) is 50.7 Å². The first-order chi connectivity index (χ1) is 13.8. The summed E-state index contributed by atoms with van der Waals surface area (Å²) in [6, 6.07) is 12.7. The monoisotopic (exact) mass is 393 g/mol. The van der Waals surface area contributed by atoms with E-state index in [1.54, 1.807) is 14.0 Å². The minimum Gasteiger partial charge on any atom is -0.481 e. The van der Waals surface area contributed by atoms with Crippen LogP contribution in [0.3, 0.4) is 0 Å². The van der Waals surface area contributed by atoms with E-state index in [0.717, 1.165) is 34.0 Å². The molecule has 2 aromatic carbocycles. The summed E-state index contributed by atoms with van der Waals surface area (Å²) in [5.41, 5.74) is 2.94. The van der Waals surface area contributed by atoms with Gasteiger partial charge in [-0.15, -0.1) is 0 Å². The van der Waals surface area contributed by atoms with Gasteiger partial charge in [-0.25, -0.2) is 0 Å². The maximum absolute atomic E-state index is 12.3. The van der Waals surface area contributed by atoms with Gasteiger partial charge in [0.15, 0.2) is 0 Å². The molecule has 152 valence electrons. The molecule has 0 bridgehead atoms. The first-order valence-electron chi connectivity index (χ1n) is 10.3. The summed E-state index contributed by atoms with van der Waals surface area (Å²) in [6.45, 7) is 3.89. The average molecular weight is 393 g/mol. The number of carboxylic acid groups (broad SMARTS) is 1. The van der Waals surface area contributed by atoms with Crippen LogP contribution in [-0.2, 0) is 14.9 Å². The Morgan fingerprint density at radius 1 is 1.17 bits per heavy atom. The maximum Gasteiger partial charge on any atom is 0.312 e. The lowest BCUT2D eigenvalue weighted by molar-refractivity contribution is -0.174. The number of H-pyrrole nitrogens is 1. The number of aliphatic hydroxyl groups excluding tert-OH is 1. The Kier molecular flexibility index (Phi) is 3.90. The van der Waals surface area contributed by atoms with Gasteiger partial charge in [0.1, 0.15) is 0 Å². The number of nitrogens with one attached hydrogen (secondary N) is 1. The first kappa shape index (κ1) is 18.6. The molecule has 29 heavy (non-hydrogen) atoms. The van der Waals surface area contributed by atoms with E-state index < -0.39 is 17.5 Å². The van der Waals surface area contributed by atoms with Crippen molar-refractivity contribution in [3.05, 3.63) is 47.5 Å². The smallest absolute Gasteiger partial charge is 0.312 e. The second-order valence-corrected chi connectivity index (χ2v) is 9.23. The quantitative estimate of drug-likeness (QED) is 0.597. The number of aromatic amines is 1. The molecule has 1 heterocycles. The highest BCUT2D eigenvalue weighted by atomic mass is 16.5. The summed E-state index contributed by atoms with van der Waals surface area (Å²) in [6.07, 6.45) is 0.792. The van der Waals surface area contributed by atoms with Crippen molar-refractivity contribution in [3.63, 3.8) is 0 Å². The molecule has 1 aromatic heterocycles. The molecule has 1 fully saturated rings. The number of aromatic nitrogens is 1. The molecule has 0 spiro atoms. The Morgan fingerprint density at radius 3 is 2.66 bits per heavy atom. The number of carboxylic acids is 1. The number of hydrogen-bond acceptors (Lipinski definition) is 3. The molecular weight excluding hydrogens is 366 g/mol. The fourth-order valence-electron chi connectivity index (χ4n) is 6.16. The van der Waals surface area contributed by atoms with Crippen molar-refractivity contribution in [2.75, 3.05) is 7.11 Å². The molecule has 3 N–H and O–H groups in total. The number of rotatable bonds is 2. The fraction of sp³-hybridized carbons (Fsp3) is 0.458. The summed E-state index contributed by atoms with van der Waals surface area (Å²) in [5, 5.41) is 23.1. The second-order valence-electron chi connectivity index (χ2n) is 9.23. The van der Waals surface area contributed by atoms with Crippen LogP contribution in [0, 0.1) is 11.3 Å². The van der Waals surface area contributed by atoms with Crippen LogP contribution in [-0.4, -0.2) is 34.4 Å². The van der Waals surface area contributed by atoms with Crippen molar-refractivity contribution in [2.24, 2.45) is 11.3 Å². The number of aliphatic hydroxyl groups is 1. The van der Waals surface area contributed by atoms with E-state index in [0.29, 0.717) is 12.8 Å². The lowest BCUT2D eigenvalue weighted by atomic mass is 9.48. The zero-order valence-electron chi connectivity index (χ0n) is 17.0. The van der Waals surface area contributed by atoms with Gasteiger partial charge in [-0.2, -0.15) is 0 Å². The van der Waals surface area contributed by atoms with Crippen LogP contribution in [0.25, 0.3) is 21.8 Å². The fourth-order valence-corrected chi connectivity index (χ4v) is 6.16. The second kappa shape index (κ2) is 6.07. The van der Waals surface area contributed by atoms with E-state index in [1.165, 1.54) is 5.39 Å². The van der Waals surface area contributed by atoms with Crippen LogP contribution < -0.4 is 0 Å². The molecule has 3 aromatic rings. The Bertz CT molecular complexity index is 1130. The summed E-state index contributed by atoms with van der Waals surface area (Å²) in [7, 11) is 1.68. The van der Waals surface area contributed by atoms with Gasteiger partial charge in [0.25, 0.3) is 0 Å². The first-order valence-corrected chi connectivity index (χ1v) is 10.3. The standard InChI is InChI=1S/C24H27NO4/c1-23-9-8-21(26)24(2,22(27)28)20(23)12-19(29-3)15-11-18-14(10-16(15)23)13-6-4-5-7-17(13)25-18/h4-7,10-11,19-21,25-26H,8-9,12H2,1-3H3,(H,27,28). The van der Waals surface area contributed by atoms with Gasteiger partial charge < -0.3 is 19.9 Å². The zero-order chi connectivity index (χ0) is 20.6. The number of benzene rings is 2. The third-order valence-corrected chi connectivity index (χ3v) is 7.96. The lowest BCUT2D eigenvalue weighted by Gasteiger charge is -2.56. The van der Waals surface area contributed by atoms with Crippen molar-refractivity contribution in [3.8, 4) is 0 Å². The van der Waals surface area contributed by atoms with Crippen LogP contribution in [0.5, 0.6) is 0 Å². The number of carbonyl (C=O) groups is 1. The van der Waals surface area contributed by atoms with Crippen LogP contribution in [0.4, 0.5) is 0 Å². The predicted octanol–water partition coefficient (Wildman–Crippen LogP) is 4.53. The average Bonchev–Trinajstić information content (AvgIpc) is 3.07. The highest BCUT2D eigenvalue weighted by Crippen LogP contribution is 2.60. The van der Waals surface area contributed by atoms with Gasteiger partial charge in [-0.05, 0) is 66.8 Å². The van der Waals surface area contributed by atoms with Crippen LogP contribution >= 0.6 is 0 Å². The molecule has 0 saturated heterocycles. The van der Waals surface area contributed by atoms with Gasteiger partial charge in [0.05, 0.1) is 17.6 Å². The normalized spacial score (nSPS) is 34.1. The van der Waals surface area contributed by atoms with E-state index in [2.05, 4.69) is 36.2 Å². The van der Waals surface area contributed by atoms with Crippen molar-refractivity contribution in [1.82, 2.24) is 4.98 Å². The molecule has 2 aliphatic rings. The van der Waals surface area contributed by atoms with Crippen LogP contribution in [0.15, 0.2) is 36.4 Å². The minimum absolute atomic E-state index is 0.192. The Labute approximate surface area is 169 Å². The summed E-state index contributed by atoms with van der Waals surface area (Å²) in [5.74, 6) is -1.14. The number of aliphatic carboxylic acids is 1. The SMILES string of the molecule is COC1CC2C(C)(CCC(O)C2(C)C(=O)O)c2cc3c(cc21)[nH]c1ccccc13. The molecule has 0 amide bonds. The third-order valence-electron chi connectivity index (χ3n) is 7.96. The third kappa shape index (κ3) is 2.31. The zero-order valence-corrected chi connectivity index (χ0v) is 17.0. The Balaban J connectivity index is 1.79. The molecule has 1 saturated carbocycles. The van der Waals surface area contributed by atoms with Gasteiger partial charge in [0, 0.05) is 28.9 Å². The lowest BCUT2D eigenvalue weighted by Crippen LogP contribution is -2.59. The molecule has 0 radical (unpaired) electrons. The summed E-state index contributed by atoms with van der Waals surface area (Å²) >= 11 is 0. The molecule has 5 nitrogen and oxygen atoms in total. The highest BCUT2D eigenvalue weighted by molar-refractivity contribution is 6.07. The summed E-state index contributed by atoms with van der Waals surface area (Å²) < 4.78 is 5.85. The molecular formula is C24H27NO4. The number of hydrogen-bond donors (Lipinski definition) is 3. The van der Waals surface area contributed by atoms with Crippen molar-refractivity contribution in [1.29, 1.82) is 0 Å². The molecule has 5 atom stereocenters. The van der Waals surface area contributed by atoms with Gasteiger partial charge >= 0.3 is 5.97 Å². The largest absolute Gasteiger partial charge is 0.481 e. The van der Waals surface area contributed by atoms with E-state index >= 15 is 0 Å². The summed E-state index contributed by atoms with van der Waals surface area (Å²) in [4.78, 5) is 15.8. The maximum atomic E-state index is 12.3. The molecule has 5 heteroatoms. The van der Waals surface area contributed by atoms with Crippen molar-refractivity contribution < 1.29 is 19.7 Å². The van der Waals surface area contributed by atoms with Gasteiger partial charge in [0.2, 0.25) is 0 Å². The number of ether oxygens (including phenoxy) is 1. The topological polar surface area (TPSA) is 82.6 Å². The number of methoxy groups -OCH3 is 1. The van der Waals surface area contributed by atoms with E-state index in [9.17, 15) is 15.0 Å². The Hall–Kier alpha value is -2.37. The molecule has 0 aliphatic heterocycles. The Morgan fingerprint density at radius 2 is 1.93 bits per heavy atom. The molecule has 5 rings (SSSR count). The van der Waals surface area contributed by atoms with Gasteiger partial charge in [-0.1, -0.05) is 25.1 Å². The van der Waals surface area contributed by atoms with E-state index in [-0.39, 0.29) is 17.4 Å². The number of fused-ring (bicyclic) bond motifs is 6. The van der Waals surface area contributed by atoms with Gasteiger partial charge in [-0.3, -0.25) is 4.79 Å². The predicted molar refractivity (Wildman–Crippen MR) is 112 cm³/mol. The van der Waals surface area contributed by atoms with Crippen LogP contribution in [0.2, 0.25) is 0 Å². The number of para-hydroxylation sites is 1. The molecule has 2 aliphatic carbocycles. The van der Waals surface area contributed by atoms with Crippen LogP contribution in [0.1, 0.15) is 50.3 Å². The molecule has 5 unspecified atom stereocenters. The van der Waals surface area contributed by atoms with E-state index in [1.807, 2.05) is 12.1 Å². The minimum atomic E-state index is -1.20. The van der Waals surface area contributed by atoms with E-state index in [4.69, 9.17) is 4.74 Å².